The molecule has 6 nitrogen and oxygen atoms in total. The smallest absolute Gasteiger partial charge is 0.247 e. The van der Waals surface area contributed by atoms with Crippen molar-refractivity contribution >= 4 is 51.5 Å². The van der Waals surface area contributed by atoms with Crippen molar-refractivity contribution in [3.8, 4) is 0 Å². The molecule has 0 fully saturated rings. The topological polar surface area (TPSA) is 54.7 Å². The molecule has 0 bridgehead atoms. The largest absolute Gasteiger partial charge is 0.366 e. The van der Waals surface area contributed by atoms with Gasteiger partial charge in [-0.15, -0.1) is 0 Å². The van der Waals surface area contributed by atoms with E-state index >= 15 is 0 Å². The monoisotopic (exact) mass is 849 g/mol. The molecular weight excluding hydrogens is 799 g/mol. The van der Waals surface area contributed by atoms with Crippen LogP contribution < -0.4 is 9.88 Å². The van der Waals surface area contributed by atoms with E-state index in [2.05, 4.69) is 143 Å². The first-order valence-electron chi connectivity index (χ1n) is 17.7. The number of carbonyl (C=O) groups excluding carboxylic acids is 1. The summed E-state index contributed by atoms with van der Waals surface area (Å²) in [6.07, 6.45) is 3.59. The van der Waals surface area contributed by atoms with Crippen LogP contribution in [-0.2, 0) is 27.2 Å². The normalized spacial score (nSPS) is 14.6. The second kappa shape index (κ2) is 14.7. The molecule has 4 aromatic carbocycles. The molecule has 0 atom stereocenters. The Kier molecular flexibility index (Phi) is 11.0. The molecule has 2 aromatic heterocycles. The van der Waals surface area contributed by atoms with Gasteiger partial charge in [0, 0.05) is 50.2 Å². The third-order valence-electron chi connectivity index (χ3n) is 9.62. The van der Waals surface area contributed by atoms with Gasteiger partial charge in [-0.3, -0.25) is 4.90 Å². The number of benzene rings is 4. The summed E-state index contributed by atoms with van der Waals surface area (Å²) in [5.41, 5.74) is 10.9. The third kappa shape index (κ3) is 6.86. The van der Waals surface area contributed by atoms with Gasteiger partial charge >= 0.3 is 0 Å². The molecule has 0 unspecified atom stereocenters. The third-order valence-corrected chi connectivity index (χ3v) is 9.62. The summed E-state index contributed by atoms with van der Waals surface area (Å²) in [5, 5.41) is 0. The van der Waals surface area contributed by atoms with Crippen molar-refractivity contribution in [2.75, 3.05) is 11.4 Å². The molecule has 6 aromatic rings. The first-order valence-corrected chi connectivity index (χ1v) is 17.7. The van der Waals surface area contributed by atoms with Gasteiger partial charge in [-0.05, 0) is 45.9 Å². The Morgan fingerprint density at radius 2 is 1.20 bits per heavy atom. The second-order valence-corrected chi connectivity index (χ2v) is 15.2. The predicted molar refractivity (Wildman–Crippen MR) is 204 cm³/mol. The molecule has 3 heterocycles. The van der Waals surface area contributed by atoms with Gasteiger partial charge in [-0.2, -0.15) is 0 Å². The van der Waals surface area contributed by atoms with Crippen LogP contribution in [0.2, 0.25) is 0 Å². The van der Waals surface area contributed by atoms with E-state index in [0.29, 0.717) is 30.2 Å². The standard InChI is InChI=1S/C30H42N2O.C13H8N3.Au/c1-19(2)23-13-11-14-24(20(3)4)27(23)31-17-30(9,10)29(33)32(18-31)28-25(21(5)6)15-12-16-26(28)22(7)8;1-3-7-11-9(5-1)14-13-15-10-6-2-4-8-12(10)16(11)13;/h11-16,19-22H,17H2,1-10H3;1-8H;/q;-1;. The minimum absolute atomic E-state index is 0. The van der Waals surface area contributed by atoms with E-state index in [1.807, 2.05) is 41.3 Å². The molecule has 1 aliphatic rings. The number of amides is 1. The maximum Gasteiger partial charge on any atom is 0.247 e. The number of hydrogen-bond acceptors (Lipinski definition) is 2. The Balaban J connectivity index is 0.000000236. The maximum atomic E-state index is 13.8. The van der Waals surface area contributed by atoms with Crippen molar-refractivity contribution in [1.29, 1.82) is 0 Å². The van der Waals surface area contributed by atoms with E-state index < -0.39 is 5.41 Å². The number of imidazole rings is 2. The number of aromatic nitrogens is 3. The number of hydrogen-bond donors (Lipinski definition) is 0. The van der Waals surface area contributed by atoms with Crippen molar-refractivity contribution in [3.63, 3.8) is 0 Å². The molecule has 0 aliphatic carbocycles. The number of nitrogens with zero attached hydrogens (tertiary/aromatic N) is 5. The molecule has 0 saturated carbocycles. The van der Waals surface area contributed by atoms with E-state index in [1.165, 1.54) is 27.9 Å². The number of anilines is 1. The Morgan fingerprint density at radius 1 is 0.700 bits per heavy atom. The van der Waals surface area contributed by atoms with E-state index in [9.17, 15) is 4.79 Å². The van der Waals surface area contributed by atoms with Crippen LogP contribution in [0.25, 0.3) is 27.8 Å². The summed E-state index contributed by atoms with van der Waals surface area (Å²) in [6, 6.07) is 29.3. The van der Waals surface area contributed by atoms with Gasteiger partial charge in [0.15, 0.2) is 0 Å². The van der Waals surface area contributed by atoms with E-state index in [1.54, 1.807) is 0 Å². The van der Waals surface area contributed by atoms with Gasteiger partial charge in [0.1, 0.15) is 0 Å². The van der Waals surface area contributed by atoms with Crippen LogP contribution in [0.4, 0.5) is 11.4 Å². The number of carbonyl (C=O) groups is 1. The average Bonchev–Trinajstić information content (AvgIpc) is 3.61. The van der Waals surface area contributed by atoms with Crippen LogP contribution in [0.1, 0.15) is 115 Å². The molecule has 0 spiro atoms. The van der Waals surface area contributed by atoms with E-state index in [-0.39, 0.29) is 28.3 Å². The number of para-hydroxylation sites is 6. The molecular formula is C43H50AuN5O-. The first kappa shape index (κ1) is 37.3. The van der Waals surface area contributed by atoms with Crippen molar-refractivity contribution in [2.24, 2.45) is 5.41 Å². The fourth-order valence-corrected chi connectivity index (χ4v) is 7.02. The molecule has 0 N–H and O–H groups in total. The number of fused-ring (bicyclic) bond motifs is 5. The molecule has 1 radical (unpaired) electrons. The summed E-state index contributed by atoms with van der Waals surface area (Å²) in [4.78, 5) is 24.7. The van der Waals surface area contributed by atoms with E-state index in [0.717, 1.165) is 33.5 Å². The zero-order valence-corrected chi connectivity index (χ0v) is 33.2. The van der Waals surface area contributed by atoms with Crippen molar-refractivity contribution in [1.82, 2.24) is 14.4 Å². The number of rotatable bonds is 6. The summed E-state index contributed by atoms with van der Waals surface area (Å²) in [5.74, 6) is 2.26. The summed E-state index contributed by atoms with van der Waals surface area (Å²) in [6.45, 7) is 22.5. The zero-order valence-electron chi connectivity index (χ0n) is 31.0. The van der Waals surface area contributed by atoms with Gasteiger partial charge in [0.2, 0.25) is 12.2 Å². The quantitative estimate of drug-likeness (QED) is 0.0953. The molecule has 1 amide bonds. The summed E-state index contributed by atoms with van der Waals surface area (Å²) >= 11 is 0. The van der Waals surface area contributed by atoms with E-state index in [4.69, 9.17) is 0 Å². The minimum Gasteiger partial charge on any atom is -0.366 e. The fourth-order valence-electron chi connectivity index (χ4n) is 7.02. The minimum atomic E-state index is -0.540. The fraction of sp³-hybridized carbons (Fsp3) is 0.372. The molecule has 1 aliphatic heterocycles. The molecule has 7 rings (SSSR count). The Bertz CT molecular complexity index is 2060. The van der Waals surface area contributed by atoms with Crippen molar-refractivity contribution in [2.45, 2.75) is 92.9 Å². The maximum absolute atomic E-state index is 13.8. The van der Waals surface area contributed by atoms with Gasteiger partial charge in [-0.25, -0.2) is 0 Å². The Hall–Kier alpha value is -3.97. The van der Waals surface area contributed by atoms with Gasteiger partial charge in [0.25, 0.3) is 0 Å². The van der Waals surface area contributed by atoms with Crippen LogP contribution >= 0.6 is 0 Å². The SMILES string of the molecule is CC(C)c1cccc(C(C)C)c1N1[C-]=[N+](c2c(C(C)C)cccc2C(C)C)CC(C)(C)C1=O.[Au].c1ccc2c(c1)nc1[n-]c3ccccc3n12. The zero-order chi connectivity index (χ0) is 35.2. The summed E-state index contributed by atoms with van der Waals surface area (Å²) in [7, 11) is 0. The Labute approximate surface area is 313 Å². The molecule has 265 valence electrons. The van der Waals surface area contributed by atoms with Crippen LogP contribution in [0, 0.1) is 5.41 Å². The summed E-state index contributed by atoms with van der Waals surface area (Å²) < 4.78 is 4.33. The molecule has 50 heavy (non-hydrogen) atoms. The van der Waals surface area contributed by atoms with Crippen LogP contribution in [0.3, 0.4) is 0 Å². The van der Waals surface area contributed by atoms with Gasteiger partial charge < -0.3 is 23.7 Å². The van der Waals surface area contributed by atoms with Gasteiger partial charge in [-0.1, -0.05) is 154 Å². The van der Waals surface area contributed by atoms with Crippen molar-refractivity contribution < 1.29 is 31.8 Å². The molecule has 0 saturated heterocycles. The average molecular weight is 850 g/mol. The van der Waals surface area contributed by atoms with Gasteiger partial charge in [0.05, 0.1) is 23.3 Å². The second-order valence-electron chi connectivity index (χ2n) is 15.2. The Morgan fingerprint density at radius 3 is 1.76 bits per heavy atom. The van der Waals surface area contributed by atoms with Crippen molar-refractivity contribution in [3.05, 3.63) is 107 Å². The van der Waals surface area contributed by atoms with Crippen LogP contribution in [-0.4, -0.2) is 32.8 Å². The molecule has 7 heteroatoms. The van der Waals surface area contributed by atoms with Crippen LogP contribution in [0.15, 0.2) is 84.9 Å². The predicted octanol–water partition coefficient (Wildman–Crippen LogP) is 10.4. The van der Waals surface area contributed by atoms with Crippen LogP contribution in [0.5, 0.6) is 0 Å². The first-order chi connectivity index (χ1) is 23.3.